The van der Waals surface area contributed by atoms with Crippen LogP contribution in [0.25, 0.3) is 0 Å². The molecule has 0 aromatic carbocycles. The fourth-order valence-corrected chi connectivity index (χ4v) is 4.63. The van der Waals surface area contributed by atoms with Crippen molar-refractivity contribution >= 4 is 21.8 Å². The summed E-state index contributed by atoms with van der Waals surface area (Å²) in [5.74, 6) is 0.730. The van der Waals surface area contributed by atoms with Crippen LogP contribution in [0.3, 0.4) is 0 Å². The molecule has 4 rings (SSSR count). The van der Waals surface area contributed by atoms with Crippen molar-refractivity contribution in [2.75, 3.05) is 6.54 Å². The summed E-state index contributed by atoms with van der Waals surface area (Å²) in [6.45, 7) is 7.03. The SMILES string of the molecule is C=C1C=C2C(C3CC3)=CC(C(=O)N3CCCCC=C3C)=CN2C(Br)C1. The van der Waals surface area contributed by atoms with Crippen molar-refractivity contribution in [1.82, 2.24) is 9.80 Å². The van der Waals surface area contributed by atoms with Crippen molar-refractivity contribution in [3.63, 3.8) is 0 Å². The van der Waals surface area contributed by atoms with E-state index in [-0.39, 0.29) is 10.9 Å². The van der Waals surface area contributed by atoms with Gasteiger partial charge in [-0.3, -0.25) is 4.79 Å². The van der Waals surface area contributed by atoms with E-state index in [0.717, 1.165) is 49.1 Å². The predicted octanol–water partition coefficient (Wildman–Crippen LogP) is 5.00. The quantitative estimate of drug-likeness (QED) is 0.480. The molecule has 0 aromatic rings. The van der Waals surface area contributed by atoms with E-state index in [0.29, 0.717) is 5.92 Å². The van der Waals surface area contributed by atoms with Crippen LogP contribution in [0, 0.1) is 5.92 Å². The van der Waals surface area contributed by atoms with E-state index in [1.165, 1.54) is 24.1 Å². The lowest BCUT2D eigenvalue weighted by Crippen LogP contribution is -2.36. The smallest absolute Gasteiger partial charge is 0.259 e. The summed E-state index contributed by atoms with van der Waals surface area (Å²) in [6.07, 6.45) is 15.2. The maximum atomic E-state index is 13.2. The molecule has 1 saturated carbocycles. The second kappa shape index (κ2) is 6.64. The molecule has 1 amide bonds. The summed E-state index contributed by atoms with van der Waals surface area (Å²) < 4.78 is 0. The number of halogens is 1. The van der Waals surface area contributed by atoms with Gasteiger partial charge in [0.1, 0.15) is 0 Å². The van der Waals surface area contributed by atoms with Crippen LogP contribution in [0.4, 0.5) is 0 Å². The Balaban J connectivity index is 1.69. The molecule has 1 aliphatic carbocycles. The van der Waals surface area contributed by atoms with Crippen molar-refractivity contribution < 1.29 is 4.79 Å². The summed E-state index contributed by atoms with van der Waals surface area (Å²) in [7, 11) is 0. The number of rotatable bonds is 2. The predicted molar refractivity (Wildman–Crippen MR) is 105 cm³/mol. The van der Waals surface area contributed by atoms with Gasteiger partial charge in [0.15, 0.2) is 0 Å². The second-order valence-corrected chi connectivity index (χ2v) is 8.55. The van der Waals surface area contributed by atoms with E-state index in [1.54, 1.807) is 0 Å². The molecule has 3 nitrogen and oxygen atoms in total. The topological polar surface area (TPSA) is 23.6 Å². The minimum absolute atomic E-state index is 0.136. The monoisotopic (exact) mass is 400 g/mol. The Bertz CT molecular complexity index is 739. The highest BCUT2D eigenvalue weighted by Crippen LogP contribution is 2.46. The van der Waals surface area contributed by atoms with Gasteiger partial charge in [-0.2, -0.15) is 0 Å². The molecule has 4 aliphatic rings. The summed E-state index contributed by atoms with van der Waals surface area (Å²) in [5.41, 5.74) is 5.58. The van der Waals surface area contributed by atoms with Gasteiger partial charge in [0.2, 0.25) is 0 Å². The third kappa shape index (κ3) is 3.29. The fraction of sp³-hybridized carbons (Fsp3) is 0.476. The molecule has 25 heavy (non-hydrogen) atoms. The molecule has 0 bridgehead atoms. The molecule has 3 heterocycles. The molecule has 1 fully saturated rings. The summed E-state index contributed by atoms with van der Waals surface area (Å²) in [4.78, 5) is 17.6. The van der Waals surface area contributed by atoms with Crippen LogP contribution in [0.1, 0.15) is 45.4 Å². The van der Waals surface area contributed by atoms with Gasteiger partial charge in [-0.1, -0.05) is 34.2 Å². The summed E-state index contributed by atoms with van der Waals surface area (Å²) >= 11 is 3.78. The number of nitrogens with zero attached hydrogens (tertiary/aromatic N) is 2. The Kier molecular flexibility index (Phi) is 4.48. The van der Waals surface area contributed by atoms with Crippen LogP contribution in [0.5, 0.6) is 0 Å². The zero-order valence-electron chi connectivity index (χ0n) is 14.8. The third-order valence-electron chi connectivity index (χ3n) is 5.45. The van der Waals surface area contributed by atoms with Gasteiger partial charge >= 0.3 is 0 Å². The Morgan fingerprint density at radius 1 is 1.28 bits per heavy atom. The van der Waals surface area contributed by atoms with Gasteiger partial charge < -0.3 is 9.80 Å². The molecular weight excluding hydrogens is 376 g/mol. The summed E-state index contributed by atoms with van der Waals surface area (Å²) in [6, 6.07) is 0. The van der Waals surface area contributed by atoms with E-state index < -0.39 is 0 Å². The second-order valence-electron chi connectivity index (χ2n) is 7.49. The first kappa shape index (κ1) is 16.9. The lowest BCUT2D eigenvalue weighted by Gasteiger charge is -2.38. The molecule has 1 unspecified atom stereocenters. The van der Waals surface area contributed by atoms with Crippen LogP contribution in [0.2, 0.25) is 0 Å². The van der Waals surface area contributed by atoms with Crippen molar-refractivity contribution in [3.8, 4) is 0 Å². The van der Waals surface area contributed by atoms with E-state index in [1.807, 2.05) is 11.1 Å². The largest absolute Gasteiger partial charge is 0.333 e. The van der Waals surface area contributed by atoms with E-state index in [9.17, 15) is 4.79 Å². The minimum Gasteiger partial charge on any atom is -0.333 e. The molecule has 1 atom stereocenters. The van der Waals surface area contributed by atoms with Gasteiger partial charge in [-0.15, -0.1) is 0 Å². The van der Waals surface area contributed by atoms with E-state index in [2.05, 4.69) is 52.6 Å². The molecule has 3 aliphatic heterocycles. The van der Waals surface area contributed by atoms with E-state index in [4.69, 9.17) is 0 Å². The van der Waals surface area contributed by atoms with Crippen LogP contribution in [0.15, 0.2) is 59.1 Å². The van der Waals surface area contributed by atoms with Gasteiger partial charge in [0.25, 0.3) is 5.91 Å². The standard InChI is InChI=1S/C21H25BrN2O/c1-14-10-19-18(16-7-8-16)12-17(13-24(19)20(22)11-14)21(25)23-9-5-3-4-6-15(23)2/h6,10,12-13,16,20H,1,3-5,7-9,11H2,2H3. The first-order valence-electron chi connectivity index (χ1n) is 9.29. The Morgan fingerprint density at radius 3 is 2.84 bits per heavy atom. The first-order valence-corrected chi connectivity index (χ1v) is 10.2. The van der Waals surface area contributed by atoms with Gasteiger partial charge in [-0.25, -0.2) is 0 Å². The Hall–Kier alpha value is -1.55. The molecule has 4 heteroatoms. The molecule has 132 valence electrons. The van der Waals surface area contributed by atoms with Crippen molar-refractivity contribution in [1.29, 1.82) is 0 Å². The maximum absolute atomic E-state index is 13.2. The van der Waals surface area contributed by atoms with Crippen LogP contribution in [-0.4, -0.2) is 27.2 Å². The molecule has 0 spiro atoms. The number of carbonyl (C=O) groups excluding carboxylic acids is 1. The molecule has 0 N–H and O–H groups in total. The molecule has 0 saturated heterocycles. The zero-order valence-corrected chi connectivity index (χ0v) is 16.4. The number of alkyl halides is 1. The zero-order chi connectivity index (χ0) is 17.6. The molecule has 0 aromatic heterocycles. The lowest BCUT2D eigenvalue weighted by atomic mass is 9.94. The number of carbonyl (C=O) groups is 1. The highest BCUT2D eigenvalue weighted by Gasteiger charge is 2.37. The highest BCUT2D eigenvalue weighted by atomic mass is 79.9. The van der Waals surface area contributed by atoms with E-state index >= 15 is 0 Å². The first-order chi connectivity index (χ1) is 12.0. The highest BCUT2D eigenvalue weighted by molar-refractivity contribution is 9.09. The fourth-order valence-electron chi connectivity index (χ4n) is 3.87. The lowest BCUT2D eigenvalue weighted by molar-refractivity contribution is -0.125. The average molecular weight is 401 g/mol. The van der Waals surface area contributed by atoms with Crippen LogP contribution in [-0.2, 0) is 4.79 Å². The average Bonchev–Trinajstić information content (AvgIpc) is 3.41. The number of hydrogen-bond acceptors (Lipinski definition) is 2. The third-order valence-corrected chi connectivity index (χ3v) is 6.21. The minimum atomic E-state index is 0.136. The van der Waals surface area contributed by atoms with Crippen molar-refractivity contribution in [2.45, 2.75) is 50.4 Å². The number of allylic oxidation sites excluding steroid dienone is 4. The van der Waals surface area contributed by atoms with Crippen molar-refractivity contribution in [2.24, 2.45) is 5.92 Å². The van der Waals surface area contributed by atoms with Crippen molar-refractivity contribution in [3.05, 3.63) is 59.1 Å². The maximum Gasteiger partial charge on any atom is 0.259 e. The normalized spacial score (nSPS) is 27.0. The van der Waals surface area contributed by atoms with Gasteiger partial charge in [0, 0.05) is 30.6 Å². The number of amides is 1. The number of hydrogen-bond donors (Lipinski definition) is 0. The van der Waals surface area contributed by atoms with Gasteiger partial charge in [-0.05, 0) is 62.7 Å². The van der Waals surface area contributed by atoms with Crippen LogP contribution < -0.4 is 0 Å². The summed E-state index contributed by atoms with van der Waals surface area (Å²) in [5, 5.41) is 0. The Morgan fingerprint density at radius 2 is 2.08 bits per heavy atom. The van der Waals surface area contributed by atoms with Gasteiger partial charge in [0.05, 0.1) is 10.5 Å². The molecule has 0 radical (unpaired) electrons. The number of fused-ring (bicyclic) bond motifs is 1. The Labute approximate surface area is 158 Å². The van der Waals surface area contributed by atoms with Crippen LogP contribution >= 0.6 is 15.9 Å². The molecular formula is C21H25BrN2O.